The summed E-state index contributed by atoms with van der Waals surface area (Å²) in [4.78, 5) is 2.19. The zero-order valence-electron chi connectivity index (χ0n) is 14.6. The Bertz CT molecular complexity index is 795. The van der Waals surface area contributed by atoms with Crippen molar-refractivity contribution in [3.8, 4) is 5.69 Å². The van der Waals surface area contributed by atoms with Crippen LogP contribution in [-0.4, -0.2) is 38.5 Å². The number of para-hydroxylation sites is 2. The number of hydrogen-bond donors (Lipinski definition) is 1. The summed E-state index contributed by atoms with van der Waals surface area (Å²) >= 11 is 0. The van der Waals surface area contributed by atoms with E-state index in [1.54, 1.807) is 0 Å². The zero-order valence-corrected chi connectivity index (χ0v) is 14.6. The molecule has 0 atom stereocenters. The number of anilines is 1. The molecule has 130 valence electrons. The number of rotatable bonds is 7. The molecule has 6 heteroatoms. The van der Waals surface area contributed by atoms with Crippen molar-refractivity contribution in [2.75, 3.05) is 18.1 Å². The van der Waals surface area contributed by atoms with Crippen molar-refractivity contribution >= 4 is 5.69 Å². The summed E-state index contributed by atoms with van der Waals surface area (Å²) < 4.78 is 1.82. The monoisotopic (exact) mass is 337 g/mol. The van der Waals surface area contributed by atoms with Crippen LogP contribution in [-0.2, 0) is 6.54 Å². The third-order valence-corrected chi connectivity index (χ3v) is 4.23. The Kier molecular flexibility index (Phi) is 5.40. The fourth-order valence-electron chi connectivity index (χ4n) is 2.99. The maximum atomic E-state index is 9.22. The predicted octanol–water partition coefficient (Wildman–Crippen LogP) is 2.67. The maximum Gasteiger partial charge on any atom is 0.175 e. The van der Waals surface area contributed by atoms with E-state index in [1.807, 2.05) is 28.9 Å². The highest BCUT2D eigenvalue weighted by Gasteiger charge is 2.16. The molecule has 0 spiro atoms. The molecule has 0 saturated heterocycles. The molecule has 1 heterocycles. The van der Waals surface area contributed by atoms with Crippen molar-refractivity contribution in [2.24, 2.45) is 0 Å². The number of hydrogen-bond acceptors (Lipinski definition) is 5. The smallest absolute Gasteiger partial charge is 0.175 e. The molecule has 0 saturated carbocycles. The van der Waals surface area contributed by atoms with Crippen LogP contribution in [0.1, 0.15) is 23.4 Å². The predicted molar refractivity (Wildman–Crippen MR) is 97.8 cm³/mol. The fourth-order valence-corrected chi connectivity index (χ4v) is 2.99. The molecule has 0 fully saturated rings. The first-order chi connectivity index (χ1) is 12.2. The maximum absolute atomic E-state index is 9.22. The van der Waals surface area contributed by atoms with E-state index in [0.29, 0.717) is 13.0 Å². The Morgan fingerprint density at radius 3 is 2.40 bits per heavy atom. The van der Waals surface area contributed by atoms with Crippen LogP contribution >= 0.6 is 0 Å². The third kappa shape index (κ3) is 3.85. The van der Waals surface area contributed by atoms with E-state index < -0.39 is 0 Å². The van der Waals surface area contributed by atoms with Gasteiger partial charge in [0.05, 0.1) is 12.2 Å². The van der Waals surface area contributed by atoms with Gasteiger partial charge in [-0.2, -0.15) is 4.68 Å². The van der Waals surface area contributed by atoms with Gasteiger partial charge in [0, 0.05) is 18.8 Å². The number of nitrogens with zero attached hydrogens (tertiary/aromatic N) is 5. The normalized spacial score (nSPS) is 10.8. The third-order valence-electron chi connectivity index (χ3n) is 4.23. The van der Waals surface area contributed by atoms with E-state index in [9.17, 15) is 5.11 Å². The lowest BCUT2D eigenvalue weighted by Gasteiger charge is -2.24. The number of aromatic nitrogens is 4. The van der Waals surface area contributed by atoms with Crippen LogP contribution in [0, 0.1) is 13.8 Å². The molecular weight excluding hydrogens is 314 g/mol. The quantitative estimate of drug-likeness (QED) is 0.718. The number of aliphatic hydroxyl groups is 1. The minimum Gasteiger partial charge on any atom is -0.396 e. The summed E-state index contributed by atoms with van der Waals surface area (Å²) in [6.45, 7) is 5.60. The molecule has 1 aromatic heterocycles. The summed E-state index contributed by atoms with van der Waals surface area (Å²) in [5.41, 5.74) is 4.38. The van der Waals surface area contributed by atoms with E-state index in [4.69, 9.17) is 0 Å². The summed E-state index contributed by atoms with van der Waals surface area (Å²) in [6.07, 6.45) is 0.694. The van der Waals surface area contributed by atoms with Crippen molar-refractivity contribution in [1.29, 1.82) is 0 Å². The standard InChI is InChI=1S/C19H23N5O/c1-15-8-6-9-16(2)19(15)24-18(20-21-22-24)14-23(12-7-13-25)17-10-4-3-5-11-17/h3-6,8-11,25H,7,12-14H2,1-2H3. The minimum absolute atomic E-state index is 0.158. The lowest BCUT2D eigenvalue weighted by Crippen LogP contribution is -2.26. The van der Waals surface area contributed by atoms with Crippen LogP contribution in [0.2, 0.25) is 0 Å². The number of aryl methyl sites for hydroxylation is 2. The second-order valence-electron chi connectivity index (χ2n) is 6.08. The van der Waals surface area contributed by atoms with Gasteiger partial charge in [-0.3, -0.25) is 0 Å². The first kappa shape index (κ1) is 17.1. The fraction of sp³-hybridized carbons (Fsp3) is 0.316. The molecule has 25 heavy (non-hydrogen) atoms. The Labute approximate surface area is 147 Å². The highest BCUT2D eigenvalue weighted by Crippen LogP contribution is 2.21. The van der Waals surface area contributed by atoms with Crippen molar-refractivity contribution in [1.82, 2.24) is 20.2 Å². The average molecular weight is 337 g/mol. The molecule has 1 N–H and O–H groups in total. The highest BCUT2D eigenvalue weighted by molar-refractivity contribution is 5.48. The molecule has 0 bridgehead atoms. The van der Waals surface area contributed by atoms with Crippen molar-refractivity contribution < 1.29 is 5.11 Å². The summed E-state index contributed by atoms with van der Waals surface area (Å²) in [5, 5.41) is 21.6. The first-order valence-electron chi connectivity index (χ1n) is 8.45. The Morgan fingerprint density at radius 1 is 1.00 bits per heavy atom. The van der Waals surface area contributed by atoms with E-state index in [1.165, 1.54) is 0 Å². The van der Waals surface area contributed by atoms with Crippen LogP contribution in [0.4, 0.5) is 5.69 Å². The molecule has 0 radical (unpaired) electrons. The number of aliphatic hydroxyl groups excluding tert-OH is 1. The van der Waals surface area contributed by atoms with Gasteiger partial charge in [-0.15, -0.1) is 5.10 Å². The first-order valence-corrected chi connectivity index (χ1v) is 8.45. The Morgan fingerprint density at radius 2 is 1.72 bits per heavy atom. The zero-order chi connectivity index (χ0) is 17.6. The van der Waals surface area contributed by atoms with Gasteiger partial charge in [0.15, 0.2) is 5.82 Å². The van der Waals surface area contributed by atoms with Gasteiger partial charge in [-0.05, 0) is 54.0 Å². The molecule has 0 aliphatic rings. The molecule has 0 aliphatic heterocycles. The van der Waals surface area contributed by atoms with Crippen molar-refractivity contribution in [3.05, 3.63) is 65.5 Å². The Hall–Kier alpha value is -2.73. The SMILES string of the molecule is Cc1cccc(C)c1-n1nnnc1CN(CCCO)c1ccccc1. The average Bonchev–Trinajstić information content (AvgIpc) is 3.07. The van der Waals surface area contributed by atoms with E-state index in [0.717, 1.165) is 34.9 Å². The van der Waals surface area contributed by atoms with Crippen LogP contribution < -0.4 is 4.90 Å². The number of tetrazole rings is 1. The molecule has 2 aromatic carbocycles. The largest absolute Gasteiger partial charge is 0.396 e. The molecule has 0 amide bonds. The van der Waals surface area contributed by atoms with Gasteiger partial charge in [-0.1, -0.05) is 36.4 Å². The van der Waals surface area contributed by atoms with E-state index in [-0.39, 0.29) is 6.61 Å². The summed E-state index contributed by atoms with van der Waals surface area (Å²) in [7, 11) is 0. The lowest BCUT2D eigenvalue weighted by molar-refractivity contribution is 0.289. The van der Waals surface area contributed by atoms with Crippen LogP contribution in [0.15, 0.2) is 48.5 Å². The molecule has 3 rings (SSSR count). The van der Waals surface area contributed by atoms with Crippen LogP contribution in [0.5, 0.6) is 0 Å². The van der Waals surface area contributed by atoms with Crippen LogP contribution in [0.25, 0.3) is 5.69 Å². The van der Waals surface area contributed by atoms with Crippen LogP contribution in [0.3, 0.4) is 0 Å². The topological polar surface area (TPSA) is 67.1 Å². The lowest BCUT2D eigenvalue weighted by atomic mass is 10.1. The van der Waals surface area contributed by atoms with Crippen molar-refractivity contribution in [3.63, 3.8) is 0 Å². The molecule has 0 unspecified atom stereocenters. The van der Waals surface area contributed by atoms with Gasteiger partial charge in [0.25, 0.3) is 0 Å². The Balaban J connectivity index is 1.93. The van der Waals surface area contributed by atoms with Gasteiger partial charge in [0.2, 0.25) is 0 Å². The van der Waals surface area contributed by atoms with Gasteiger partial charge >= 0.3 is 0 Å². The summed E-state index contributed by atoms with van der Waals surface area (Å²) in [6, 6.07) is 16.3. The molecular formula is C19H23N5O. The van der Waals surface area contributed by atoms with Gasteiger partial charge in [0.1, 0.15) is 0 Å². The summed E-state index contributed by atoms with van der Waals surface area (Å²) in [5.74, 6) is 0.777. The molecule has 3 aromatic rings. The minimum atomic E-state index is 0.158. The second-order valence-corrected chi connectivity index (χ2v) is 6.08. The molecule has 6 nitrogen and oxygen atoms in total. The van der Waals surface area contributed by atoms with E-state index in [2.05, 4.69) is 58.5 Å². The highest BCUT2D eigenvalue weighted by atomic mass is 16.3. The second kappa shape index (κ2) is 7.90. The van der Waals surface area contributed by atoms with Crippen molar-refractivity contribution in [2.45, 2.75) is 26.8 Å². The van der Waals surface area contributed by atoms with E-state index >= 15 is 0 Å². The van der Waals surface area contributed by atoms with Gasteiger partial charge in [-0.25, -0.2) is 0 Å². The molecule has 0 aliphatic carbocycles. The number of benzene rings is 2. The van der Waals surface area contributed by atoms with Gasteiger partial charge < -0.3 is 10.0 Å².